The number of ether oxygens (including phenoxy) is 1. The second-order valence-electron chi connectivity index (χ2n) is 6.16. The van der Waals surface area contributed by atoms with E-state index in [4.69, 9.17) is 4.74 Å². The number of sulfonamides is 1. The highest BCUT2D eigenvalue weighted by Crippen LogP contribution is 2.23. The van der Waals surface area contributed by atoms with Crippen LogP contribution < -0.4 is 10.0 Å². The van der Waals surface area contributed by atoms with E-state index in [9.17, 15) is 18.0 Å². The molecule has 0 bridgehead atoms. The van der Waals surface area contributed by atoms with Gasteiger partial charge in [0.15, 0.2) is 0 Å². The fourth-order valence-corrected chi connectivity index (χ4v) is 3.88. The molecule has 0 unspecified atom stereocenters. The zero-order valence-electron chi connectivity index (χ0n) is 16.3. The molecule has 156 valence electrons. The molecule has 0 heterocycles. The van der Waals surface area contributed by atoms with Crippen LogP contribution >= 0.6 is 11.8 Å². The lowest BCUT2D eigenvalue weighted by atomic mass is 10.2. The van der Waals surface area contributed by atoms with E-state index < -0.39 is 15.9 Å². The highest BCUT2D eigenvalue weighted by atomic mass is 32.2. The third-order valence-electron chi connectivity index (χ3n) is 3.69. The summed E-state index contributed by atoms with van der Waals surface area (Å²) >= 11 is 1.08. The first-order chi connectivity index (χ1) is 13.7. The van der Waals surface area contributed by atoms with Gasteiger partial charge in [-0.3, -0.25) is 9.59 Å². The maximum atomic E-state index is 12.5. The Morgan fingerprint density at radius 2 is 1.79 bits per heavy atom. The molecular formula is C19H23N3O5S2. The van der Waals surface area contributed by atoms with Gasteiger partial charge in [0.25, 0.3) is 11.1 Å². The van der Waals surface area contributed by atoms with Crippen molar-refractivity contribution in [3.8, 4) is 0 Å². The second-order valence-corrected chi connectivity index (χ2v) is 8.95. The highest BCUT2D eigenvalue weighted by molar-refractivity contribution is 8.13. The lowest BCUT2D eigenvalue weighted by molar-refractivity contribution is 0.102. The minimum atomic E-state index is -3.73. The predicted octanol–water partition coefficient (Wildman–Crippen LogP) is 2.64. The highest BCUT2D eigenvalue weighted by Gasteiger charge is 2.16. The molecule has 2 aromatic carbocycles. The molecule has 0 spiro atoms. The SMILES string of the molecule is COCCNS(=O)(=O)c1cccc(C(=O)Nc2ccc(SC(=O)N(C)C)cc2)c1. The van der Waals surface area contributed by atoms with E-state index in [0.29, 0.717) is 5.69 Å². The monoisotopic (exact) mass is 437 g/mol. The van der Waals surface area contributed by atoms with Gasteiger partial charge in [-0.15, -0.1) is 0 Å². The number of carbonyl (C=O) groups is 2. The number of methoxy groups -OCH3 is 1. The average Bonchev–Trinajstić information content (AvgIpc) is 2.69. The fourth-order valence-electron chi connectivity index (χ4n) is 2.17. The molecule has 2 rings (SSSR count). The molecule has 0 fully saturated rings. The van der Waals surface area contributed by atoms with E-state index >= 15 is 0 Å². The van der Waals surface area contributed by atoms with Gasteiger partial charge in [-0.25, -0.2) is 13.1 Å². The van der Waals surface area contributed by atoms with E-state index in [0.717, 1.165) is 16.7 Å². The van der Waals surface area contributed by atoms with Crippen molar-refractivity contribution in [2.24, 2.45) is 0 Å². The summed E-state index contributed by atoms with van der Waals surface area (Å²) in [4.78, 5) is 26.4. The van der Waals surface area contributed by atoms with Crippen LogP contribution in [-0.2, 0) is 14.8 Å². The van der Waals surface area contributed by atoms with E-state index in [1.54, 1.807) is 38.4 Å². The van der Waals surface area contributed by atoms with Gasteiger partial charge in [0.1, 0.15) is 0 Å². The molecule has 10 heteroatoms. The Labute approximate surface area is 174 Å². The molecular weight excluding hydrogens is 414 g/mol. The van der Waals surface area contributed by atoms with Crippen LogP contribution in [0.3, 0.4) is 0 Å². The summed E-state index contributed by atoms with van der Waals surface area (Å²) < 4.78 is 31.8. The number of rotatable bonds is 8. The molecule has 2 N–H and O–H groups in total. The standard InChI is InChI=1S/C19H23N3O5S2/c1-22(2)19(24)28-16-9-7-15(8-10-16)21-18(23)14-5-4-6-17(13-14)29(25,26)20-11-12-27-3/h4-10,13,20H,11-12H2,1-3H3,(H,21,23). The maximum Gasteiger partial charge on any atom is 0.285 e. The van der Waals surface area contributed by atoms with Crippen LogP contribution in [0.15, 0.2) is 58.3 Å². The molecule has 0 radical (unpaired) electrons. The third kappa shape index (κ3) is 6.86. The summed E-state index contributed by atoms with van der Waals surface area (Å²) in [6.45, 7) is 0.379. The third-order valence-corrected chi connectivity index (χ3v) is 6.19. The largest absolute Gasteiger partial charge is 0.383 e. The van der Waals surface area contributed by atoms with E-state index in [2.05, 4.69) is 10.0 Å². The molecule has 0 saturated carbocycles. The number of nitrogens with zero attached hydrogens (tertiary/aromatic N) is 1. The summed E-state index contributed by atoms with van der Waals surface area (Å²) in [6, 6.07) is 12.6. The quantitative estimate of drug-likeness (QED) is 0.486. The normalized spacial score (nSPS) is 11.1. The van der Waals surface area contributed by atoms with Gasteiger partial charge in [-0.2, -0.15) is 0 Å². The van der Waals surface area contributed by atoms with Crippen molar-refractivity contribution in [1.82, 2.24) is 9.62 Å². The number of amides is 2. The van der Waals surface area contributed by atoms with Crippen molar-refractivity contribution in [1.29, 1.82) is 0 Å². The first kappa shape index (κ1) is 22.9. The molecule has 2 amide bonds. The van der Waals surface area contributed by atoms with Crippen molar-refractivity contribution in [2.75, 3.05) is 39.7 Å². The van der Waals surface area contributed by atoms with E-state index in [1.807, 2.05) is 0 Å². The topological polar surface area (TPSA) is 105 Å². The smallest absolute Gasteiger partial charge is 0.285 e. The first-order valence-electron chi connectivity index (χ1n) is 8.62. The van der Waals surface area contributed by atoms with Gasteiger partial charge in [0.05, 0.1) is 11.5 Å². The Hall–Kier alpha value is -2.40. The van der Waals surface area contributed by atoms with E-state index in [1.165, 1.54) is 36.3 Å². The second kappa shape index (κ2) is 10.4. The Balaban J connectivity index is 2.06. The molecule has 0 aromatic heterocycles. The summed E-state index contributed by atoms with van der Waals surface area (Å²) in [6.07, 6.45) is 0. The van der Waals surface area contributed by atoms with Crippen LogP contribution in [0, 0.1) is 0 Å². The molecule has 8 nitrogen and oxygen atoms in total. The van der Waals surface area contributed by atoms with Gasteiger partial charge in [0, 0.05) is 43.9 Å². The molecule has 0 aliphatic rings. The lowest BCUT2D eigenvalue weighted by Crippen LogP contribution is -2.27. The van der Waals surface area contributed by atoms with Crippen molar-refractivity contribution in [3.05, 3.63) is 54.1 Å². The number of thioether (sulfide) groups is 1. The van der Waals surface area contributed by atoms with Crippen molar-refractivity contribution < 1.29 is 22.7 Å². The summed E-state index contributed by atoms with van der Waals surface area (Å²) in [5, 5.41) is 2.62. The molecule has 0 atom stereocenters. The van der Waals surface area contributed by atoms with Crippen LogP contribution in [0.4, 0.5) is 10.5 Å². The zero-order valence-corrected chi connectivity index (χ0v) is 18.0. The Morgan fingerprint density at radius 1 is 1.10 bits per heavy atom. The fraction of sp³-hybridized carbons (Fsp3) is 0.263. The minimum Gasteiger partial charge on any atom is -0.383 e. The van der Waals surface area contributed by atoms with Crippen LogP contribution in [0.1, 0.15) is 10.4 Å². The minimum absolute atomic E-state index is 0.00445. The molecule has 0 saturated heterocycles. The first-order valence-corrected chi connectivity index (χ1v) is 10.9. The number of hydrogen-bond acceptors (Lipinski definition) is 6. The van der Waals surface area contributed by atoms with Crippen LogP contribution in [0.2, 0.25) is 0 Å². The summed E-state index contributed by atoms with van der Waals surface area (Å²) in [5.74, 6) is -0.441. The number of nitrogens with one attached hydrogen (secondary N) is 2. The van der Waals surface area contributed by atoms with Gasteiger partial charge in [-0.1, -0.05) is 6.07 Å². The maximum absolute atomic E-state index is 12.5. The lowest BCUT2D eigenvalue weighted by Gasteiger charge is -2.10. The number of anilines is 1. The van der Waals surface area contributed by atoms with Crippen LogP contribution in [-0.4, -0.2) is 58.8 Å². The summed E-state index contributed by atoms with van der Waals surface area (Å²) in [7, 11) is 1.09. The predicted molar refractivity (Wildman–Crippen MR) is 113 cm³/mol. The van der Waals surface area contributed by atoms with Crippen molar-refractivity contribution in [3.63, 3.8) is 0 Å². The Morgan fingerprint density at radius 3 is 2.41 bits per heavy atom. The molecule has 0 aliphatic carbocycles. The van der Waals surface area contributed by atoms with Crippen LogP contribution in [0.5, 0.6) is 0 Å². The molecule has 2 aromatic rings. The number of hydrogen-bond donors (Lipinski definition) is 2. The molecule has 0 aliphatic heterocycles. The Kier molecular flexibility index (Phi) is 8.21. The van der Waals surface area contributed by atoms with Gasteiger partial charge < -0.3 is 15.0 Å². The van der Waals surface area contributed by atoms with Crippen molar-refractivity contribution in [2.45, 2.75) is 9.79 Å². The Bertz CT molecular complexity index is 960. The van der Waals surface area contributed by atoms with Crippen LogP contribution in [0.25, 0.3) is 0 Å². The number of carbonyl (C=O) groups excluding carboxylic acids is 2. The van der Waals surface area contributed by atoms with Gasteiger partial charge in [-0.05, 0) is 54.2 Å². The summed E-state index contributed by atoms with van der Waals surface area (Å²) in [5.41, 5.74) is 0.740. The molecule has 29 heavy (non-hydrogen) atoms. The van der Waals surface area contributed by atoms with Crippen molar-refractivity contribution >= 4 is 38.6 Å². The average molecular weight is 438 g/mol. The van der Waals surface area contributed by atoms with E-state index in [-0.39, 0.29) is 28.8 Å². The van der Waals surface area contributed by atoms with Gasteiger partial charge >= 0.3 is 0 Å². The zero-order chi connectivity index (χ0) is 21.4. The van der Waals surface area contributed by atoms with Gasteiger partial charge in [0.2, 0.25) is 10.0 Å². The number of benzene rings is 2.